The minimum absolute atomic E-state index is 0.00999. The normalized spacial score (nSPS) is 16.3. The van der Waals surface area contributed by atoms with Gasteiger partial charge in [0.1, 0.15) is 0 Å². The first-order valence-electron chi connectivity index (χ1n) is 9.72. The van der Waals surface area contributed by atoms with Crippen LogP contribution in [0.2, 0.25) is 5.02 Å². The number of rotatable bonds is 7. The number of unbranched alkanes of at least 4 members (excludes halogenated alkanes) is 1. The maximum absolute atomic E-state index is 12.9. The number of carbonyl (C=O) groups is 2. The molecule has 1 heterocycles. The topological polar surface area (TPSA) is 52.7 Å². The van der Waals surface area contributed by atoms with Crippen molar-refractivity contribution >= 4 is 29.2 Å². The summed E-state index contributed by atoms with van der Waals surface area (Å²) in [7, 11) is 0. The van der Waals surface area contributed by atoms with Crippen LogP contribution in [0.1, 0.15) is 31.7 Å². The third-order valence-electron chi connectivity index (χ3n) is 4.88. The van der Waals surface area contributed by atoms with Gasteiger partial charge in [0, 0.05) is 36.8 Å². The van der Waals surface area contributed by atoms with Gasteiger partial charge in [-0.1, -0.05) is 55.3 Å². The first-order valence-corrected chi connectivity index (χ1v) is 10.1. The van der Waals surface area contributed by atoms with E-state index in [0.717, 1.165) is 24.1 Å². The van der Waals surface area contributed by atoms with Crippen molar-refractivity contribution in [3.05, 3.63) is 65.2 Å². The zero-order chi connectivity index (χ0) is 19.9. The summed E-state index contributed by atoms with van der Waals surface area (Å²) >= 11 is 5.93. The molecule has 1 N–H and O–H groups in total. The van der Waals surface area contributed by atoms with E-state index in [0.29, 0.717) is 31.1 Å². The summed E-state index contributed by atoms with van der Waals surface area (Å²) in [5.41, 5.74) is 1.90. The summed E-state index contributed by atoms with van der Waals surface area (Å²) in [6.07, 6.45) is 2.27. The summed E-state index contributed by atoms with van der Waals surface area (Å²) in [6, 6.07) is 16.8. The Kier molecular flexibility index (Phi) is 6.93. The molecule has 1 aliphatic rings. The van der Waals surface area contributed by atoms with Crippen LogP contribution in [0, 0.1) is 0 Å². The first kappa shape index (κ1) is 20.2. The molecule has 148 valence electrons. The smallest absolute Gasteiger partial charge is 0.317 e. The minimum atomic E-state index is -0.199. The monoisotopic (exact) mass is 399 g/mol. The van der Waals surface area contributed by atoms with E-state index < -0.39 is 0 Å². The summed E-state index contributed by atoms with van der Waals surface area (Å²) in [5, 5.41) is 3.68. The third kappa shape index (κ3) is 5.26. The Balaban J connectivity index is 1.62. The molecule has 2 aromatic rings. The number of amides is 3. The van der Waals surface area contributed by atoms with Crippen molar-refractivity contribution in [2.24, 2.45) is 0 Å². The second kappa shape index (κ2) is 9.60. The van der Waals surface area contributed by atoms with Gasteiger partial charge in [0.15, 0.2) is 0 Å². The number of hydrogen-bond donors (Lipinski definition) is 1. The van der Waals surface area contributed by atoms with Gasteiger partial charge >= 0.3 is 6.03 Å². The van der Waals surface area contributed by atoms with Gasteiger partial charge in [0.25, 0.3) is 0 Å². The Bertz CT molecular complexity index is 795. The zero-order valence-corrected chi connectivity index (χ0v) is 16.9. The van der Waals surface area contributed by atoms with E-state index in [1.54, 1.807) is 17.0 Å². The quantitative estimate of drug-likeness (QED) is 0.747. The Morgan fingerprint density at radius 2 is 1.89 bits per heavy atom. The van der Waals surface area contributed by atoms with E-state index in [9.17, 15) is 9.59 Å². The Morgan fingerprint density at radius 3 is 2.57 bits per heavy atom. The molecular weight excluding hydrogens is 374 g/mol. The molecule has 1 saturated heterocycles. The molecule has 3 amide bonds. The number of hydrogen-bond acceptors (Lipinski definition) is 2. The van der Waals surface area contributed by atoms with Crippen LogP contribution in [0.3, 0.4) is 0 Å². The van der Waals surface area contributed by atoms with Crippen LogP contribution in [0.4, 0.5) is 10.5 Å². The average Bonchev–Trinajstić information content (AvgIpc) is 3.06. The van der Waals surface area contributed by atoms with Crippen LogP contribution >= 0.6 is 11.6 Å². The summed E-state index contributed by atoms with van der Waals surface area (Å²) < 4.78 is 0. The van der Waals surface area contributed by atoms with E-state index in [1.165, 1.54) is 0 Å². The highest BCUT2D eigenvalue weighted by Crippen LogP contribution is 2.23. The molecular formula is C22H26ClN3O2. The fourth-order valence-corrected chi connectivity index (χ4v) is 3.47. The van der Waals surface area contributed by atoms with Crippen molar-refractivity contribution in [3.8, 4) is 0 Å². The number of urea groups is 1. The number of carbonyl (C=O) groups excluding carboxylic acids is 2. The number of nitrogens with zero attached hydrogens (tertiary/aromatic N) is 2. The summed E-state index contributed by atoms with van der Waals surface area (Å²) in [6.45, 7) is 3.84. The highest BCUT2D eigenvalue weighted by molar-refractivity contribution is 6.30. The molecule has 0 aliphatic carbocycles. The van der Waals surface area contributed by atoms with E-state index in [1.807, 2.05) is 47.4 Å². The molecule has 1 atom stereocenters. The first-order chi connectivity index (χ1) is 13.6. The van der Waals surface area contributed by atoms with Gasteiger partial charge < -0.3 is 15.1 Å². The molecule has 6 heteroatoms. The molecule has 2 aromatic carbocycles. The highest BCUT2D eigenvalue weighted by Gasteiger charge is 2.32. The van der Waals surface area contributed by atoms with Crippen molar-refractivity contribution in [1.82, 2.24) is 10.2 Å². The fourth-order valence-electron chi connectivity index (χ4n) is 3.35. The average molecular weight is 400 g/mol. The van der Waals surface area contributed by atoms with E-state index in [2.05, 4.69) is 12.2 Å². The largest absolute Gasteiger partial charge is 0.333 e. The molecule has 28 heavy (non-hydrogen) atoms. The molecule has 1 fully saturated rings. The molecule has 5 nitrogen and oxygen atoms in total. The molecule has 0 bridgehead atoms. The van der Waals surface area contributed by atoms with Gasteiger partial charge in [-0.15, -0.1) is 0 Å². The Hall–Kier alpha value is -2.53. The Labute approximate surface area is 171 Å². The van der Waals surface area contributed by atoms with Crippen LogP contribution in [-0.2, 0) is 11.3 Å². The fraction of sp³-hybridized carbons (Fsp3) is 0.364. The molecule has 0 aromatic heterocycles. The van der Waals surface area contributed by atoms with Gasteiger partial charge in [-0.05, 0) is 36.2 Å². The van der Waals surface area contributed by atoms with Crippen LogP contribution in [0.15, 0.2) is 54.6 Å². The van der Waals surface area contributed by atoms with Gasteiger partial charge in [-0.2, -0.15) is 0 Å². The summed E-state index contributed by atoms with van der Waals surface area (Å²) in [4.78, 5) is 28.8. The molecule has 3 rings (SSSR count). The lowest BCUT2D eigenvalue weighted by atomic mass is 10.2. The molecule has 0 unspecified atom stereocenters. The van der Waals surface area contributed by atoms with E-state index >= 15 is 0 Å². The van der Waals surface area contributed by atoms with Crippen LogP contribution in [0.25, 0.3) is 0 Å². The summed E-state index contributed by atoms with van der Waals surface area (Å²) in [5.74, 6) is 0.00999. The number of benzene rings is 2. The van der Waals surface area contributed by atoms with Crippen LogP contribution in [-0.4, -0.2) is 36.0 Å². The second-order valence-corrected chi connectivity index (χ2v) is 7.53. The van der Waals surface area contributed by atoms with Crippen molar-refractivity contribution < 1.29 is 9.59 Å². The minimum Gasteiger partial charge on any atom is -0.333 e. The lowest BCUT2D eigenvalue weighted by Crippen LogP contribution is -2.45. The second-order valence-electron chi connectivity index (χ2n) is 7.09. The van der Waals surface area contributed by atoms with Gasteiger partial charge in [0.2, 0.25) is 5.91 Å². The predicted octanol–water partition coefficient (Wildman–Crippen LogP) is 4.46. The molecule has 1 aliphatic heterocycles. The number of anilines is 1. The van der Waals surface area contributed by atoms with Gasteiger partial charge in [-0.3, -0.25) is 4.79 Å². The van der Waals surface area contributed by atoms with Crippen LogP contribution in [0.5, 0.6) is 0 Å². The molecule has 0 radical (unpaired) electrons. The predicted molar refractivity (Wildman–Crippen MR) is 113 cm³/mol. The van der Waals surface area contributed by atoms with Crippen molar-refractivity contribution in [3.63, 3.8) is 0 Å². The lowest BCUT2D eigenvalue weighted by molar-refractivity contribution is -0.117. The van der Waals surface area contributed by atoms with E-state index in [4.69, 9.17) is 11.6 Å². The third-order valence-corrected chi connectivity index (χ3v) is 5.13. The maximum Gasteiger partial charge on any atom is 0.317 e. The number of nitrogens with one attached hydrogen (secondary N) is 1. The SMILES string of the molecule is CCCCN(Cc1ccccc1)C(=O)N[C@@H]1CC(=O)N(c2ccc(Cl)cc2)C1. The molecule has 0 spiro atoms. The lowest BCUT2D eigenvalue weighted by Gasteiger charge is -2.25. The van der Waals surface area contributed by atoms with Crippen molar-refractivity contribution in [1.29, 1.82) is 0 Å². The van der Waals surface area contributed by atoms with Gasteiger partial charge in [0.05, 0.1) is 6.04 Å². The van der Waals surface area contributed by atoms with Crippen molar-refractivity contribution in [2.45, 2.75) is 38.8 Å². The van der Waals surface area contributed by atoms with Crippen LogP contribution < -0.4 is 10.2 Å². The Morgan fingerprint density at radius 1 is 1.18 bits per heavy atom. The zero-order valence-electron chi connectivity index (χ0n) is 16.1. The standard InChI is InChI=1S/C22H26ClN3O2/c1-2-3-13-25(15-17-7-5-4-6-8-17)22(28)24-19-14-21(27)26(16-19)20-11-9-18(23)10-12-20/h4-12,19H,2-3,13-16H2,1H3,(H,24,28)/t19-/m1/s1. The van der Waals surface area contributed by atoms with E-state index in [-0.39, 0.29) is 18.0 Å². The van der Waals surface area contributed by atoms with Crippen molar-refractivity contribution in [2.75, 3.05) is 18.0 Å². The molecule has 0 saturated carbocycles. The maximum atomic E-state index is 12.9. The van der Waals surface area contributed by atoms with Gasteiger partial charge in [-0.25, -0.2) is 4.79 Å². The highest BCUT2D eigenvalue weighted by atomic mass is 35.5. The number of halogens is 1.